The van der Waals surface area contributed by atoms with Crippen molar-refractivity contribution in [3.63, 3.8) is 0 Å². The summed E-state index contributed by atoms with van der Waals surface area (Å²) < 4.78 is 24.2. The Morgan fingerprint density at radius 3 is 2.65 bits per heavy atom. The van der Waals surface area contributed by atoms with Crippen molar-refractivity contribution in [3.8, 4) is 0 Å². The topological polar surface area (TPSA) is 46.2 Å². The molecule has 1 aliphatic heterocycles. The van der Waals surface area contributed by atoms with E-state index in [2.05, 4.69) is 52.2 Å². The van der Waals surface area contributed by atoms with Crippen LogP contribution in [0.2, 0.25) is 0 Å². The average molecular weight is 365 g/mol. The third kappa shape index (κ3) is 4.22. The second-order valence-electron chi connectivity index (χ2n) is 4.46. The van der Waals surface area contributed by atoms with E-state index < -0.39 is 9.84 Å². The molecule has 94 valence electrons. The lowest BCUT2D eigenvalue weighted by atomic mass is 10.1. The number of halogens is 1. The van der Waals surface area contributed by atoms with Crippen LogP contribution in [0.1, 0.15) is 18.4 Å². The van der Waals surface area contributed by atoms with E-state index in [1.54, 1.807) is 0 Å². The van der Waals surface area contributed by atoms with E-state index in [4.69, 9.17) is 0 Å². The zero-order valence-corrected chi connectivity index (χ0v) is 12.5. The van der Waals surface area contributed by atoms with Crippen LogP contribution in [0.3, 0.4) is 0 Å². The standard InChI is InChI=1S/C12H16INO2S/c13-11-5-3-10(4-6-11)8-14-12-2-1-7-17(15,16)9-12/h3-6,12,14H,1-2,7-9H2. The van der Waals surface area contributed by atoms with Crippen LogP contribution in [0.25, 0.3) is 0 Å². The Labute approximate surface area is 116 Å². The summed E-state index contributed by atoms with van der Waals surface area (Å²) in [5.74, 6) is 0.645. The molecular formula is C12H16INO2S. The van der Waals surface area contributed by atoms with Gasteiger partial charge in [0.1, 0.15) is 0 Å². The fraction of sp³-hybridized carbons (Fsp3) is 0.500. The van der Waals surface area contributed by atoms with Crippen LogP contribution in [-0.2, 0) is 16.4 Å². The fourth-order valence-corrected chi connectivity index (χ4v) is 4.08. The molecule has 1 atom stereocenters. The molecule has 1 aliphatic rings. The van der Waals surface area contributed by atoms with Crippen molar-refractivity contribution in [2.45, 2.75) is 25.4 Å². The summed E-state index contributed by atoms with van der Waals surface area (Å²) in [5.41, 5.74) is 1.20. The average Bonchev–Trinajstić information content (AvgIpc) is 2.27. The Morgan fingerprint density at radius 2 is 2.00 bits per heavy atom. The maximum atomic E-state index is 11.5. The molecule has 0 aromatic heterocycles. The van der Waals surface area contributed by atoms with E-state index in [1.165, 1.54) is 9.13 Å². The Morgan fingerprint density at radius 1 is 1.29 bits per heavy atom. The normalized spacial score (nSPS) is 23.5. The summed E-state index contributed by atoms with van der Waals surface area (Å²) in [6, 6.07) is 8.40. The second-order valence-corrected chi connectivity index (χ2v) is 7.94. The molecule has 1 aromatic rings. The van der Waals surface area contributed by atoms with Crippen molar-refractivity contribution in [1.82, 2.24) is 5.32 Å². The highest BCUT2D eigenvalue weighted by Crippen LogP contribution is 2.13. The molecule has 17 heavy (non-hydrogen) atoms. The third-order valence-corrected chi connectivity index (χ3v) is 5.51. The van der Waals surface area contributed by atoms with Gasteiger partial charge in [-0.1, -0.05) is 12.1 Å². The summed E-state index contributed by atoms with van der Waals surface area (Å²) in [5, 5.41) is 3.33. The Kier molecular flexibility index (Phi) is 4.43. The maximum absolute atomic E-state index is 11.5. The van der Waals surface area contributed by atoms with Gasteiger partial charge in [-0.25, -0.2) is 8.42 Å². The molecule has 1 aromatic carbocycles. The zero-order valence-electron chi connectivity index (χ0n) is 9.52. The van der Waals surface area contributed by atoms with Crippen molar-refractivity contribution in [2.24, 2.45) is 0 Å². The van der Waals surface area contributed by atoms with Gasteiger partial charge in [-0.05, 0) is 53.1 Å². The van der Waals surface area contributed by atoms with Crippen LogP contribution >= 0.6 is 22.6 Å². The van der Waals surface area contributed by atoms with E-state index in [0.29, 0.717) is 5.75 Å². The predicted molar refractivity (Wildman–Crippen MR) is 77.7 cm³/mol. The van der Waals surface area contributed by atoms with Gasteiger partial charge in [0.05, 0.1) is 11.5 Å². The van der Waals surface area contributed by atoms with Crippen LogP contribution in [0.15, 0.2) is 24.3 Å². The van der Waals surface area contributed by atoms with E-state index in [0.717, 1.165) is 19.4 Å². The van der Waals surface area contributed by atoms with Crippen molar-refractivity contribution in [1.29, 1.82) is 0 Å². The van der Waals surface area contributed by atoms with Gasteiger partial charge in [0.15, 0.2) is 9.84 Å². The first kappa shape index (κ1) is 13.3. The molecule has 0 aliphatic carbocycles. The van der Waals surface area contributed by atoms with Gasteiger partial charge in [0.25, 0.3) is 0 Å². The lowest BCUT2D eigenvalue weighted by molar-refractivity contribution is 0.480. The number of nitrogens with one attached hydrogen (secondary N) is 1. The summed E-state index contributed by atoms with van der Waals surface area (Å²) in [4.78, 5) is 0. The van der Waals surface area contributed by atoms with Gasteiger partial charge < -0.3 is 5.32 Å². The lowest BCUT2D eigenvalue weighted by Crippen LogP contribution is -2.39. The van der Waals surface area contributed by atoms with Crippen molar-refractivity contribution >= 4 is 32.4 Å². The van der Waals surface area contributed by atoms with Crippen LogP contribution in [0, 0.1) is 3.57 Å². The van der Waals surface area contributed by atoms with Crippen LogP contribution in [-0.4, -0.2) is 26.0 Å². The number of sulfone groups is 1. The lowest BCUT2D eigenvalue weighted by Gasteiger charge is -2.23. The molecule has 1 saturated heterocycles. The Bertz CT molecular complexity index is 470. The molecule has 1 unspecified atom stereocenters. The van der Waals surface area contributed by atoms with Crippen molar-refractivity contribution < 1.29 is 8.42 Å². The quantitative estimate of drug-likeness (QED) is 0.834. The molecule has 0 bridgehead atoms. The van der Waals surface area contributed by atoms with Gasteiger partial charge in [0.2, 0.25) is 0 Å². The first-order valence-electron chi connectivity index (χ1n) is 5.73. The van der Waals surface area contributed by atoms with Gasteiger partial charge in [0, 0.05) is 16.2 Å². The van der Waals surface area contributed by atoms with Gasteiger partial charge in [-0.15, -0.1) is 0 Å². The third-order valence-electron chi connectivity index (χ3n) is 2.97. The molecular weight excluding hydrogens is 349 g/mol. The monoisotopic (exact) mass is 365 g/mol. The van der Waals surface area contributed by atoms with Gasteiger partial charge >= 0.3 is 0 Å². The molecule has 1 fully saturated rings. The molecule has 1 N–H and O–H groups in total. The number of hydrogen-bond acceptors (Lipinski definition) is 3. The summed E-state index contributed by atoms with van der Waals surface area (Å²) in [6.45, 7) is 0.747. The van der Waals surface area contributed by atoms with Crippen molar-refractivity contribution in [3.05, 3.63) is 33.4 Å². The molecule has 2 rings (SSSR count). The van der Waals surface area contributed by atoms with Crippen molar-refractivity contribution in [2.75, 3.05) is 11.5 Å². The molecule has 0 amide bonds. The van der Waals surface area contributed by atoms with E-state index in [1.807, 2.05) is 0 Å². The Balaban J connectivity index is 1.88. The molecule has 3 nitrogen and oxygen atoms in total. The first-order chi connectivity index (χ1) is 8.05. The van der Waals surface area contributed by atoms with Crippen LogP contribution < -0.4 is 5.32 Å². The molecule has 5 heteroatoms. The summed E-state index contributed by atoms with van der Waals surface area (Å²) in [6.07, 6.45) is 1.75. The maximum Gasteiger partial charge on any atom is 0.151 e. The highest BCUT2D eigenvalue weighted by Gasteiger charge is 2.23. The number of hydrogen-bond donors (Lipinski definition) is 1. The van der Waals surface area contributed by atoms with Gasteiger partial charge in [-0.3, -0.25) is 0 Å². The van der Waals surface area contributed by atoms with Gasteiger partial charge in [-0.2, -0.15) is 0 Å². The molecule has 0 radical (unpaired) electrons. The van der Waals surface area contributed by atoms with E-state index in [9.17, 15) is 8.42 Å². The largest absolute Gasteiger partial charge is 0.309 e. The predicted octanol–water partition coefficient (Wildman–Crippen LogP) is 1.96. The highest BCUT2D eigenvalue weighted by atomic mass is 127. The summed E-state index contributed by atoms with van der Waals surface area (Å²) in [7, 11) is -2.81. The smallest absolute Gasteiger partial charge is 0.151 e. The van der Waals surface area contributed by atoms with E-state index in [-0.39, 0.29) is 11.8 Å². The van der Waals surface area contributed by atoms with Crippen LogP contribution in [0.4, 0.5) is 0 Å². The minimum absolute atomic E-state index is 0.119. The Hall–Kier alpha value is -0.140. The minimum atomic E-state index is -2.81. The molecule has 1 heterocycles. The SMILES string of the molecule is O=S1(=O)CCCC(NCc2ccc(I)cc2)C1. The highest BCUT2D eigenvalue weighted by molar-refractivity contribution is 14.1. The minimum Gasteiger partial charge on any atom is -0.309 e. The first-order valence-corrected chi connectivity index (χ1v) is 8.63. The van der Waals surface area contributed by atoms with E-state index >= 15 is 0 Å². The molecule has 0 spiro atoms. The fourth-order valence-electron chi connectivity index (χ4n) is 2.05. The number of rotatable bonds is 3. The molecule has 0 saturated carbocycles. The van der Waals surface area contributed by atoms with Crippen LogP contribution in [0.5, 0.6) is 0 Å². The second kappa shape index (κ2) is 5.67. The zero-order chi connectivity index (χ0) is 12.3. The summed E-state index contributed by atoms with van der Waals surface area (Å²) >= 11 is 2.27. The number of benzene rings is 1.